The lowest BCUT2D eigenvalue weighted by molar-refractivity contribution is -0.175. The van der Waals surface area contributed by atoms with Crippen LogP contribution in [0.15, 0.2) is 0 Å². The van der Waals surface area contributed by atoms with Crippen molar-refractivity contribution >= 4 is 12.4 Å². The zero-order valence-electron chi connectivity index (χ0n) is 15.8. The van der Waals surface area contributed by atoms with Crippen molar-refractivity contribution in [2.24, 2.45) is 10.8 Å². The Morgan fingerprint density at radius 1 is 0.909 bits per heavy atom. The minimum absolute atomic E-state index is 0.119. The van der Waals surface area contributed by atoms with Gasteiger partial charge in [0.2, 0.25) is 0 Å². The summed E-state index contributed by atoms with van der Waals surface area (Å²) in [6.07, 6.45) is 2.23. The molecule has 0 aliphatic rings. The molecule has 0 aromatic rings. The van der Waals surface area contributed by atoms with Gasteiger partial charge >= 0.3 is 5.97 Å². The van der Waals surface area contributed by atoms with Crippen LogP contribution in [-0.2, 0) is 19.1 Å². The summed E-state index contributed by atoms with van der Waals surface area (Å²) in [5, 5.41) is 0. The van der Waals surface area contributed by atoms with Crippen molar-refractivity contribution in [2.75, 3.05) is 0 Å². The molecular formula is C18H34O4. The second kappa shape index (κ2) is 7.01. The minimum atomic E-state index is -0.722. The van der Waals surface area contributed by atoms with Gasteiger partial charge in [-0.05, 0) is 53.4 Å². The van der Waals surface area contributed by atoms with Crippen LogP contribution in [0.25, 0.3) is 0 Å². The zero-order chi connectivity index (χ0) is 17.8. The highest BCUT2D eigenvalue weighted by Crippen LogP contribution is 2.36. The lowest BCUT2D eigenvalue weighted by atomic mass is 9.79. The Morgan fingerprint density at radius 3 is 1.82 bits per heavy atom. The quantitative estimate of drug-likeness (QED) is 0.464. The Morgan fingerprint density at radius 2 is 1.41 bits per heavy atom. The van der Waals surface area contributed by atoms with E-state index in [1.54, 1.807) is 13.8 Å². The van der Waals surface area contributed by atoms with Crippen LogP contribution in [0.2, 0.25) is 0 Å². The third-order valence-electron chi connectivity index (χ3n) is 4.02. The number of hydrogen-bond acceptors (Lipinski definition) is 4. The topological polar surface area (TPSA) is 52.6 Å². The summed E-state index contributed by atoms with van der Waals surface area (Å²) >= 11 is 0. The molecule has 0 rings (SSSR count). The van der Waals surface area contributed by atoms with Gasteiger partial charge in [-0.3, -0.25) is 9.59 Å². The van der Waals surface area contributed by atoms with E-state index in [1.807, 2.05) is 27.7 Å². The molecular weight excluding hydrogens is 280 g/mol. The fraction of sp³-hybridized carbons (Fsp3) is 0.889. The van der Waals surface area contributed by atoms with Crippen LogP contribution in [0.1, 0.15) is 81.6 Å². The molecule has 4 heteroatoms. The van der Waals surface area contributed by atoms with Crippen molar-refractivity contribution in [3.63, 3.8) is 0 Å². The Hall–Kier alpha value is -1.06. The predicted octanol–water partition coefficient (Wildman–Crippen LogP) is 4.50. The van der Waals surface area contributed by atoms with E-state index in [2.05, 4.69) is 20.8 Å². The third-order valence-corrected chi connectivity index (χ3v) is 4.02. The lowest BCUT2D eigenvalue weighted by Gasteiger charge is -2.38. The van der Waals surface area contributed by atoms with E-state index < -0.39 is 16.6 Å². The number of hydrogen-bond donors (Lipinski definition) is 0. The molecule has 0 aromatic heterocycles. The van der Waals surface area contributed by atoms with Gasteiger partial charge in [0.25, 0.3) is 6.47 Å². The number of carbonyl (C=O) groups is 2. The maximum absolute atomic E-state index is 12.6. The van der Waals surface area contributed by atoms with Crippen molar-refractivity contribution in [1.82, 2.24) is 0 Å². The smallest absolute Gasteiger partial charge is 0.312 e. The summed E-state index contributed by atoms with van der Waals surface area (Å²) in [5.74, 6) is -0.257. The van der Waals surface area contributed by atoms with Gasteiger partial charge in [0.15, 0.2) is 0 Å². The summed E-state index contributed by atoms with van der Waals surface area (Å²) in [6, 6.07) is 0. The molecule has 0 N–H and O–H groups in total. The first-order valence-electron chi connectivity index (χ1n) is 8.01. The van der Waals surface area contributed by atoms with Crippen molar-refractivity contribution in [3.05, 3.63) is 0 Å². The Labute approximate surface area is 135 Å². The van der Waals surface area contributed by atoms with Gasteiger partial charge < -0.3 is 9.47 Å². The molecule has 0 fully saturated rings. The van der Waals surface area contributed by atoms with Gasteiger partial charge in [0.05, 0.1) is 5.41 Å². The first-order chi connectivity index (χ1) is 9.66. The first-order valence-corrected chi connectivity index (χ1v) is 8.01. The number of rotatable bonds is 9. The van der Waals surface area contributed by atoms with Gasteiger partial charge in [-0.15, -0.1) is 0 Å². The van der Waals surface area contributed by atoms with E-state index in [9.17, 15) is 9.59 Å². The average molecular weight is 314 g/mol. The molecule has 0 spiro atoms. The molecule has 0 unspecified atom stereocenters. The second-order valence-electron chi connectivity index (χ2n) is 8.88. The van der Waals surface area contributed by atoms with E-state index >= 15 is 0 Å². The second-order valence-corrected chi connectivity index (χ2v) is 8.88. The first kappa shape index (κ1) is 20.9. The maximum Gasteiger partial charge on any atom is 0.312 e. The monoisotopic (exact) mass is 314 g/mol. The van der Waals surface area contributed by atoms with Crippen LogP contribution in [0.4, 0.5) is 0 Å². The van der Waals surface area contributed by atoms with Crippen LogP contribution in [0, 0.1) is 10.8 Å². The molecule has 0 saturated carbocycles. The van der Waals surface area contributed by atoms with E-state index in [1.165, 1.54) is 0 Å². The third kappa shape index (κ3) is 7.28. The normalized spacial score (nSPS) is 13.7. The molecule has 130 valence electrons. The van der Waals surface area contributed by atoms with Crippen LogP contribution in [0.5, 0.6) is 0 Å². The highest BCUT2D eigenvalue weighted by Gasteiger charge is 2.40. The molecule has 0 amide bonds. The molecule has 0 bridgehead atoms. The summed E-state index contributed by atoms with van der Waals surface area (Å²) in [7, 11) is 0. The van der Waals surface area contributed by atoms with Gasteiger partial charge in [-0.1, -0.05) is 27.2 Å². The van der Waals surface area contributed by atoms with Crippen molar-refractivity contribution in [1.29, 1.82) is 0 Å². The summed E-state index contributed by atoms with van der Waals surface area (Å²) in [5.41, 5.74) is -1.82. The van der Waals surface area contributed by atoms with Gasteiger partial charge in [-0.25, -0.2) is 0 Å². The predicted molar refractivity (Wildman–Crippen MR) is 88.5 cm³/mol. The van der Waals surface area contributed by atoms with E-state index in [0.29, 0.717) is 12.9 Å². The fourth-order valence-corrected chi connectivity index (χ4v) is 3.01. The van der Waals surface area contributed by atoms with Crippen molar-refractivity contribution in [3.8, 4) is 0 Å². The summed E-state index contributed by atoms with van der Waals surface area (Å²) in [6.45, 7) is 18.1. The van der Waals surface area contributed by atoms with E-state index in [-0.39, 0.29) is 11.4 Å². The summed E-state index contributed by atoms with van der Waals surface area (Å²) in [4.78, 5) is 23.1. The van der Waals surface area contributed by atoms with Crippen LogP contribution in [-0.4, -0.2) is 23.6 Å². The Balaban J connectivity index is 4.91. The zero-order valence-corrected chi connectivity index (χ0v) is 15.8. The van der Waals surface area contributed by atoms with Crippen molar-refractivity contribution < 1.29 is 19.1 Å². The molecule has 4 nitrogen and oxygen atoms in total. The molecule has 0 radical (unpaired) electrons. The SMILES string of the molecule is CCC(C)(C)CC(C)(C)OC(=O)C(C)(C)CC(C)(C)OC=O. The summed E-state index contributed by atoms with van der Waals surface area (Å²) < 4.78 is 10.8. The largest absolute Gasteiger partial charge is 0.462 e. The molecule has 22 heavy (non-hydrogen) atoms. The molecule has 0 atom stereocenters. The minimum Gasteiger partial charge on any atom is -0.462 e. The van der Waals surface area contributed by atoms with Crippen LogP contribution >= 0.6 is 0 Å². The molecule has 0 aliphatic heterocycles. The molecule has 0 heterocycles. The number of esters is 1. The Bertz CT molecular complexity index is 392. The standard InChI is InChI=1S/C18H34O4/c1-10-15(2,3)11-18(8,9)22-14(20)16(4,5)12-17(6,7)21-13-19/h13H,10-12H2,1-9H3. The molecule has 0 aromatic carbocycles. The van der Waals surface area contributed by atoms with Gasteiger partial charge in [-0.2, -0.15) is 0 Å². The van der Waals surface area contributed by atoms with E-state index in [4.69, 9.17) is 9.47 Å². The van der Waals surface area contributed by atoms with Gasteiger partial charge in [0, 0.05) is 6.42 Å². The fourth-order valence-electron chi connectivity index (χ4n) is 3.01. The highest BCUT2D eigenvalue weighted by atomic mass is 16.6. The average Bonchev–Trinajstić information content (AvgIpc) is 2.24. The molecule has 0 aliphatic carbocycles. The lowest BCUT2D eigenvalue weighted by Crippen LogP contribution is -2.42. The number of ether oxygens (including phenoxy) is 2. The van der Waals surface area contributed by atoms with Gasteiger partial charge in [0.1, 0.15) is 11.2 Å². The number of carbonyl (C=O) groups excluding carboxylic acids is 2. The van der Waals surface area contributed by atoms with Crippen molar-refractivity contribution in [2.45, 2.75) is 92.8 Å². The molecule has 0 saturated heterocycles. The Kier molecular flexibility index (Phi) is 6.67. The van der Waals surface area contributed by atoms with Crippen LogP contribution < -0.4 is 0 Å². The highest BCUT2D eigenvalue weighted by molar-refractivity contribution is 5.76. The van der Waals surface area contributed by atoms with Crippen LogP contribution in [0.3, 0.4) is 0 Å². The van der Waals surface area contributed by atoms with E-state index in [0.717, 1.165) is 12.8 Å². The maximum atomic E-state index is 12.6.